The van der Waals surface area contributed by atoms with Crippen molar-refractivity contribution in [3.63, 3.8) is 0 Å². The number of carbonyl (C=O) groups is 4. The topological polar surface area (TPSA) is 237 Å². The van der Waals surface area contributed by atoms with Crippen LogP contribution in [0.2, 0.25) is 0 Å². The van der Waals surface area contributed by atoms with Gasteiger partial charge in [0.05, 0.1) is 26.4 Å². The van der Waals surface area contributed by atoms with Gasteiger partial charge in [0.1, 0.15) is 19.3 Å². The molecule has 0 saturated heterocycles. The molecule has 0 aliphatic rings. The molecular weight excluding hydrogens is 1210 g/mol. The van der Waals surface area contributed by atoms with Crippen LogP contribution >= 0.6 is 15.6 Å². The maximum Gasteiger partial charge on any atom is 0.472 e. The molecule has 0 aliphatic carbocycles. The van der Waals surface area contributed by atoms with Crippen molar-refractivity contribution in [1.29, 1.82) is 0 Å². The molecule has 0 radical (unpaired) electrons. The zero-order valence-corrected chi connectivity index (χ0v) is 61.1. The third-order valence-corrected chi connectivity index (χ3v) is 18.2. The lowest BCUT2D eigenvalue weighted by molar-refractivity contribution is -0.161. The van der Waals surface area contributed by atoms with E-state index in [9.17, 15) is 43.2 Å². The van der Waals surface area contributed by atoms with Gasteiger partial charge in [-0.1, -0.05) is 297 Å². The summed E-state index contributed by atoms with van der Waals surface area (Å²) in [5.41, 5.74) is 0. The van der Waals surface area contributed by atoms with E-state index in [0.29, 0.717) is 31.6 Å². The highest BCUT2D eigenvalue weighted by molar-refractivity contribution is 7.47. The summed E-state index contributed by atoms with van der Waals surface area (Å²) in [7, 11) is -9.91. The van der Waals surface area contributed by atoms with Gasteiger partial charge in [-0.3, -0.25) is 37.3 Å². The number of phosphoric acid groups is 2. The van der Waals surface area contributed by atoms with Crippen molar-refractivity contribution in [2.45, 2.75) is 368 Å². The second-order valence-corrected chi connectivity index (χ2v) is 29.5. The lowest BCUT2D eigenvalue weighted by Gasteiger charge is -2.21. The number of hydrogen-bond donors (Lipinski definition) is 3. The van der Waals surface area contributed by atoms with Crippen LogP contribution in [0, 0.1) is 11.8 Å². The number of aliphatic hydroxyl groups excluding tert-OH is 1. The van der Waals surface area contributed by atoms with Crippen LogP contribution in [0.5, 0.6) is 0 Å². The lowest BCUT2D eigenvalue weighted by Crippen LogP contribution is -2.30. The molecule has 92 heavy (non-hydrogen) atoms. The Bertz CT molecular complexity index is 1880. The fourth-order valence-corrected chi connectivity index (χ4v) is 12.2. The summed E-state index contributed by atoms with van der Waals surface area (Å²) in [6, 6.07) is 0. The van der Waals surface area contributed by atoms with Gasteiger partial charge < -0.3 is 33.8 Å². The largest absolute Gasteiger partial charge is 0.472 e. The lowest BCUT2D eigenvalue weighted by atomic mass is 10.0. The van der Waals surface area contributed by atoms with Gasteiger partial charge in [-0.05, 0) is 63.2 Å². The van der Waals surface area contributed by atoms with Crippen LogP contribution in [0.4, 0.5) is 0 Å². The molecule has 3 N–H and O–H groups in total. The van der Waals surface area contributed by atoms with E-state index in [-0.39, 0.29) is 25.7 Å². The maximum absolute atomic E-state index is 13.0. The molecule has 19 heteroatoms. The first kappa shape index (κ1) is 89.5. The molecular formula is C73H138O17P2. The molecule has 542 valence electrons. The van der Waals surface area contributed by atoms with E-state index in [1.807, 2.05) is 0 Å². The van der Waals surface area contributed by atoms with Gasteiger partial charge in [-0.2, -0.15) is 0 Å². The average molecular weight is 1350 g/mol. The summed E-state index contributed by atoms with van der Waals surface area (Å²) >= 11 is 0. The number of carbonyl (C=O) groups excluding carboxylic acids is 4. The molecule has 0 saturated carbocycles. The van der Waals surface area contributed by atoms with Gasteiger partial charge in [0.2, 0.25) is 0 Å². The fourth-order valence-electron chi connectivity index (χ4n) is 10.6. The van der Waals surface area contributed by atoms with Crippen molar-refractivity contribution in [3.8, 4) is 0 Å². The van der Waals surface area contributed by atoms with Gasteiger partial charge in [-0.25, -0.2) is 9.13 Å². The minimum atomic E-state index is -4.96. The minimum Gasteiger partial charge on any atom is -0.462 e. The highest BCUT2D eigenvalue weighted by Crippen LogP contribution is 2.45. The number of unbranched alkanes of at least 4 members (excludes halogenated alkanes) is 37. The first-order valence-electron chi connectivity index (χ1n) is 37.3. The number of rotatable bonds is 70. The van der Waals surface area contributed by atoms with Crippen LogP contribution in [-0.2, 0) is 65.4 Å². The van der Waals surface area contributed by atoms with E-state index in [4.69, 9.17) is 37.0 Å². The smallest absolute Gasteiger partial charge is 0.462 e. The number of aliphatic hydroxyl groups is 1. The second-order valence-electron chi connectivity index (χ2n) is 26.6. The van der Waals surface area contributed by atoms with E-state index >= 15 is 0 Å². The van der Waals surface area contributed by atoms with Gasteiger partial charge in [0, 0.05) is 25.7 Å². The van der Waals surface area contributed by atoms with Crippen LogP contribution in [0.3, 0.4) is 0 Å². The molecule has 0 aliphatic heterocycles. The van der Waals surface area contributed by atoms with Gasteiger partial charge in [0.25, 0.3) is 0 Å². The molecule has 0 bridgehead atoms. The molecule has 0 amide bonds. The predicted molar refractivity (Wildman–Crippen MR) is 372 cm³/mol. The van der Waals surface area contributed by atoms with E-state index in [1.165, 1.54) is 148 Å². The SMILES string of the molecule is CCCCCC/C=C\C=C/CCCCCCCC(=O)OC[C@H](COP(=O)(O)OC[C@@H](O)COP(=O)(O)OC[C@@H](COC(=O)CCCCCCCCCCC)OC(=O)CCCCCCCCC(C)C)OC(=O)CCCCCCCCCCCCCCCCCCC(C)C. The zero-order chi connectivity index (χ0) is 67.9. The molecule has 0 aromatic carbocycles. The Labute approximate surface area is 561 Å². The Hall–Kier alpha value is -2.46. The summed E-state index contributed by atoms with van der Waals surface area (Å²) < 4.78 is 68.2. The molecule has 0 fully saturated rings. The molecule has 5 atom stereocenters. The van der Waals surface area contributed by atoms with Crippen LogP contribution in [0.15, 0.2) is 24.3 Å². The standard InChI is InChI=1S/C73H138O17P2/c1-7-9-11-13-15-17-18-19-22-26-29-33-37-44-50-56-71(76)84-61-68(89-72(77)57-51-45-38-34-30-27-24-21-20-23-25-28-32-35-41-47-53-65(3)4)63-87-91(79,80)85-59-67(74)60-86-92(81,82)88-64-69(90-73(78)58-52-46-40-39-42-48-54-66(5)6)62-83-70(75)55-49-43-36-31-16-14-12-10-8-2/h17-19,22,65-69,74H,7-16,20-21,23-64H2,1-6H3,(H,79,80)(H,81,82)/b18-17-,22-19-/t67-,68-,69-/m1/s1. The fraction of sp³-hybridized carbons (Fsp3) is 0.890. The molecule has 2 unspecified atom stereocenters. The highest BCUT2D eigenvalue weighted by Gasteiger charge is 2.30. The van der Waals surface area contributed by atoms with Gasteiger partial charge in [0.15, 0.2) is 12.2 Å². The van der Waals surface area contributed by atoms with E-state index in [1.54, 1.807) is 0 Å². The van der Waals surface area contributed by atoms with Crippen LogP contribution in [0.1, 0.15) is 350 Å². The van der Waals surface area contributed by atoms with Crippen molar-refractivity contribution >= 4 is 39.5 Å². The molecule has 17 nitrogen and oxygen atoms in total. The van der Waals surface area contributed by atoms with Crippen molar-refractivity contribution in [2.75, 3.05) is 39.6 Å². The van der Waals surface area contributed by atoms with Crippen LogP contribution in [-0.4, -0.2) is 96.7 Å². The Morgan fingerprint density at radius 1 is 0.337 bits per heavy atom. The first-order valence-corrected chi connectivity index (χ1v) is 40.3. The molecule has 0 aromatic rings. The highest BCUT2D eigenvalue weighted by atomic mass is 31.2. The van der Waals surface area contributed by atoms with Crippen molar-refractivity contribution in [3.05, 3.63) is 24.3 Å². The molecule has 0 aromatic heterocycles. The van der Waals surface area contributed by atoms with Crippen molar-refractivity contribution in [2.24, 2.45) is 11.8 Å². The van der Waals surface area contributed by atoms with Crippen molar-refractivity contribution < 1.29 is 80.2 Å². The molecule has 0 heterocycles. The Kier molecular flexibility index (Phi) is 62.8. The average Bonchev–Trinajstić information content (AvgIpc) is 1.93. The van der Waals surface area contributed by atoms with Gasteiger partial charge >= 0.3 is 39.5 Å². The van der Waals surface area contributed by atoms with E-state index in [0.717, 1.165) is 115 Å². The van der Waals surface area contributed by atoms with E-state index in [2.05, 4.69) is 65.8 Å². The second kappa shape index (κ2) is 64.5. The maximum atomic E-state index is 13.0. The zero-order valence-electron chi connectivity index (χ0n) is 59.3. The first-order chi connectivity index (χ1) is 44.4. The summed E-state index contributed by atoms with van der Waals surface area (Å²) in [5.74, 6) is -0.681. The van der Waals surface area contributed by atoms with E-state index < -0.39 is 97.5 Å². The summed E-state index contributed by atoms with van der Waals surface area (Å²) in [6.07, 6.45) is 53.8. The number of phosphoric ester groups is 2. The number of ether oxygens (including phenoxy) is 4. The molecule has 0 spiro atoms. The quantitative estimate of drug-likeness (QED) is 0.0169. The number of hydrogen-bond acceptors (Lipinski definition) is 15. The number of allylic oxidation sites excluding steroid dienone is 4. The summed E-state index contributed by atoms with van der Waals surface area (Å²) in [4.78, 5) is 72.5. The number of esters is 4. The third kappa shape index (κ3) is 66.2. The van der Waals surface area contributed by atoms with Gasteiger partial charge in [-0.15, -0.1) is 0 Å². The molecule has 0 rings (SSSR count). The minimum absolute atomic E-state index is 0.0998. The predicted octanol–water partition coefficient (Wildman–Crippen LogP) is 20.7. The van der Waals surface area contributed by atoms with Crippen LogP contribution in [0.25, 0.3) is 0 Å². The van der Waals surface area contributed by atoms with Crippen LogP contribution < -0.4 is 0 Å². The van der Waals surface area contributed by atoms with Crippen molar-refractivity contribution in [1.82, 2.24) is 0 Å². The normalized spacial score (nSPS) is 14.2. The third-order valence-electron chi connectivity index (χ3n) is 16.3. The summed E-state index contributed by atoms with van der Waals surface area (Å²) in [5, 5.41) is 10.6. The summed E-state index contributed by atoms with van der Waals surface area (Å²) in [6.45, 7) is 9.42. The monoisotopic (exact) mass is 1350 g/mol. The Morgan fingerprint density at radius 2 is 0.587 bits per heavy atom. The Balaban J connectivity index is 5.23. The Morgan fingerprint density at radius 3 is 0.891 bits per heavy atom.